The van der Waals surface area contributed by atoms with Crippen molar-refractivity contribution >= 4 is 29.1 Å². The molecule has 0 radical (unpaired) electrons. The molecule has 0 bridgehead atoms. The molecular weight excluding hydrogens is 424 g/mol. The van der Waals surface area contributed by atoms with Crippen LogP contribution in [0, 0.1) is 5.82 Å². The Labute approximate surface area is 175 Å². The smallest absolute Gasteiger partial charge is 0.355 e. The lowest BCUT2D eigenvalue weighted by atomic mass is 9.63. The summed E-state index contributed by atoms with van der Waals surface area (Å²) in [6.45, 7) is -0.527. The third kappa shape index (κ3) is 4.92. The minimum atomic E-state index is -4.37. The molecule has 3 rings (SSSR count). The number of alkyl halides is 3. The van der Waals surface area contributed by atoms with Crippen molar-refractivity contribution in [1.82, 2.24) is 5.32 Å². The van der Waals surface area contributed by atoms with Gasteiger partial charge in [0.05, 0.1) is 17.5 Å². The van der Waals surface area contributed by atoms with Crippen LogP contribution in [0.4, 0.5) is 23.2 Å². The molecule has 2 amide bonds. The third-order valence-corrected chi connectivity index (χ3v) is 5.43. The highest BCUT2D eigenvalue weighted by atomic mass is 35.5. The first-order chi connectivity index (χ1) is 14.1. The van der Waals surface area contributed by atoms with Crippen molar-refractivity contribution in [2.24, 2.45) is 0 Å². The number of anilines is 1. The maximum atomic E-state index is 14.6. The van der Waals surface area contributed by atoms with Crippen LogP contribution in [0.3, 0.4) is 0 Å². The maximum absolute atomic E-state index is 14.6. The zero-order valence-electron chi connectivity index (χ0n) is 15.8. The Morgan fingerprint density at radius 2 is 1.83 bits per heavy atom. The third-order valence-electron chi connectivity index (χ3n) is 5.19. The van der Waals surface area contributed by atoms with Gasteiger partial charge in [-0.3, -0.25) is 9.59 Å². The molecular formula is C21H19ClF4N2O2. The van der Waals surface area contributed by atoms with Gasteiger partial charge in [-0.15, -0.1) is 0 Å². The minimum Gasteiger partial charge on any atom is -0.355 e. The Balaban J connectivity index is 1.73. The first-order valence-electron chi connectivity index (χ1n) is 9.33. The highest BCUT2D eigenvalue weighted by Crippen LogP contribution is 2.44. The predicted molar refractivity (Wildman–Crippen MR) is 105 cm³/mol. The van der Waals surface area contributed by atoms with Gasteiger partial charge in [-0.05, 0) is 48.7 Å². The molecule has 2 aromatic carbocycles. The van der Waals surface area contributed by atoms with Crippen LogP contribution in [0.1, 0.15) is 41.6 Å². The number of carbonyl (C=O) groups excluding carboxylic acids is 2. The van der Waals surface area contributed by atoms with Crippen LogP contribution < -0.4 is 10.6 Å². The second-order valence-corrected chi connectivity index (χ2v) is 7.65. The summed E-state index contributed by atoms with van der Waals surface area (Å²) in [7, 11) is 0. The van der Waals surface area contributed by atoms with Crippen LogP contribution >= 0.6 is 11.6 Å². The van der Waals surface area contributed by atoms with E-state index in [1.807, 2.05) is 0 Å². The molecule has 0 aliphatic heterocycles. The molecule has 9 heteroatoms. The van der Waals surface area contributed by atoms with Crippen molar-refractivity contribution in [3.8, 4) is 0 Å². The summed E-state index contributed by atoms with van der Waals surface area (Å²) in [5, 5.41) is 5.12. The lowest BCUT2D eigenvalue weighted by molar-refractivity contribution is -0.138. The average molecular weight is 443 g/mol. The van der Waals surface area contributed by atoms with Gasteiger partial charge in [0.2, 0.25) is 5.91 Å². The molecule has 4 nitrogen and oxygen atoms in total. The van der Waals surface area contributed by atoms with E-state index in [1.165, 1.54) is 24.3 Å². The minimum absolute atomic E-state index is 0.0734. The van der Waals surface area contributed by atoms with Crippen LogP contribution in [0.5, 0.6) is 0 Å². The van der Waals surface area contributed by atoms with Crippen LogP contribution in [0.2, 0.25) is 5.02 Å². The van der Waals surface area contributed by atoms with Crippen LogP contribution in [-0.2, 0) is 10.2 Å². The van der Waals surface area contributed by atoms with E-state index in [1.54, 1.807) is 12.1 Å². The normalized spacial score (nSPS) is 15.2. The van der Waals surface area contributed by atoms with Gasteiger partial charge in [0, 0.05) is 17.1 Å². The summed E-state index contributed by atoms with van der Waals surface area (Å²) >= 11 is 5.85. The SMILES string of the molecule is O=C(Nc1ccc(C2(C(=O)NCCC(F)(F)F)CCC2)cc1F)c1cccc(Cl)c1. The second-order valence-electron chi connectivity index (χ2n) is 7.22. The Bertz CT molecular complexity index is 958. The molecule has 160 valence electrons. The van der Waals surface area contributed by atoms with E-state index >= 15 is 0 Å². The highest BCUT2D eigenvalue weighted by Gasteiger charge is 2.46. The number of benzene rings is 2. The Morgan fingerprint density at radius 1 is 1.10 bits per heavy atom. The van der Waals surface area contributed by atoms with Crippen molar-refractivity contribution in [1.29, 1.82) is 0 Å². The van der Waals surface area contributed by atoms with E-state index in [-0.39, 0.29) is 11.3 Å². The molecule has 0 heterocycles. The predicted octanol–water partition coefficient (Wildman–Crippen LogP) is 5.22. The van der Waals surface area contributed by atoms with Crippen LogP contribution in [0.15, 0.2) is 42.5 Å². The van der Waals surface area contributed by atoms with E-state index in [0.717, 1.165) is 6.07 Å². The molecule has 1 saturated carbocycles. The van der Waals surface area contributed by atoms with Gasteiger partial charge in [-0.1, -0.05) is 30.2 Å². The lowest BCUT2D eigenvalue weighted by Gasteiger charge is -2.41. The van der Waals surface area contributed by atoms with E-state index in [4.69, 9.17) is 11.6 Å². The van der Waals surface area contributed by atoms with E-state index in [9.17, 15) is 27.2 Å². The summed E-state index contributed by atoms with van der Waals surface area (Å²) in [6.07, 6.45) is -3.95. The van der Waals surface area contributed by atoms with Gasteiger partial charge in [0.1, 0.15) is 5.82 Å². The van der Waals surface area contributed by atoms with Gasteiger partial charge in [0.15, 0.2) is 0 Å². The number of carbonyl (C=O) groups is 2. The highest BCUT2D eigenvalue weighted by molar-refractivity contribution is 6.31. The average Bonchev–Trinajstić information content (AvgIpc) is 2.62. The Hall–Kier alpha value is -2.61. The number of rotatable bonds is 6. The van der Waals surface area contributed by atoms with Crippen molar-refractivity contribution in [2.75, 3.05) is 11.9 Å². The quantitative estimate of drug-likeness (QED) is 0.602. The number of halogens is 5. The van der Waals surface area contributed by atoms with E-state index < -0.39 is 42.2 Å². The number of hydrogen-bond donors (Lipinski definition) is 2. The summed E-state index contributed by atoms with van der Waals surface area (Å²) in [6, 6.07) is 10.2. The molecule has 30 heavy (non-hydrogen) atoms. The zero-order valence-corrected chi connectivity index (χ0v) is 16.5. The van der Waals surface area contributed by atoms with Crippen molar-refractivity contribution in [2.45, 2.75) is 37.3 Å². The van der Waals surface area contributed by atoms with Crippen molar-refractivity contribution in [3.63, 3.8) is 0 Å². The molecule has 0 aromatic heterocycles. The first kappa shape index (κ1) is 22.1. The fourth-order valence-corrected chi connectivity index (χ4v) is 3.59. The molecule has 1 aliphatic rings. The lowest BCUT2D eigenvalue weighted by Crippen LogP contribution is -2.49. The summed E-state index contributed by atoms with van der Waals surface area (Å²) < 4.78 is 51.6. The van der Waals surface area contributed by atoms with Gasteiger partial charge >= 0.3 is 6.18 Å². The van der Waals surface area contributed by atoms with Crippen LogP contribution in [-0.4, -0.2) is 24.5 Å². The van der Waals surface area contributed by atoms with Gasteiger partial charge in [-0.25, -0.2) is 4.39 Å². The molecule has 0 saturated heterocycles. The number of amides is 2. The molecule has 2 N–H and O–H groups in total. The molecule has 0 unspecified atom stereocenters. The van der Waals surface area contributed by atoms with E-state index in [2.05, 4.69) is 10.6 Å². The standard InChI is InChI=1S/C21H19ClF4N2O2/c22-15-4-1-3-13(11-15)18(29)28-17-6-5-14(12-16(17)23)20(7-2-8-20)19(30)27-10-9-21(24,25)26/h1,3-6,11-12H,2,7-10H2,(H,27,30)(H,28,29). The summed E-state index contributed by atoms with van der Waals surface area (Å²) in [5.41, 5.74) is -0.500. The molecule has 2 aromatic rings. The van der Waals surface area contributed by atoms with E-state index in [0.29, 0.717) is 29.8 Å². The largest absolute Gasteiger partial charge is 0.390 e. The van der Waals surface area contributed by atoms with Gasteiger partial charge in [0.25, 0.3) is 5.91 Å². The maximum Gasteiger partial charge on any atom is 0.390 e. The summed E-state index contributed by atoms with van der Waals surface area (Å²) in [4.78, 5) is 24.8. The number of nitrogens with one attached hydrogen (secondary N) is 2. The first-order valence-corrected chi connectivity index (χ1v) is 9.70. The monoisotopic (exact) mass is 442 g/mol. The molecule has 0 spiro atoms. The van der Waals surface area contributed by atoms with Gasteiger partial charge in [-0.2, -0.15) is 13.2 Å². The van der Waals surface area contributed by atoms with Crippen LogP contribution in [0.25, 0.3) is 0 Å². The zero-order chi connectivity index (χ0) is 21.9. The Kier molecular flexibility index (Phi) is 6.36. The topological polar surface area (TPSA) is 58.2 Å². The molecule has 1 aliphatic carbocycles. The van der Waals surface area contributed by atoms with Crippen molar-refractivity contribution < 1.29 is 27.2 Å². The fourth-order valence-electron chi connectivity index (χ4n) is 3.40. The van der Waals surface area contributed by atoms with Crippen molar-refractivity contribution in [3.05, 3.63) is 64.4 Å². The second kappa shape index (κ2) is 8.63. The fraction of sp³-hybridized carbons (Fsp3) is 0.333. The van der Waals surface area contributed by atoms with Gasteiger partial charge < -0.3 is 10.6 Å². The summed E-state index contributed by atoms with van der Waals surface area (Å²) in [5.74, 6) is -1.84. The number of hydrogen-bond acceptors (Lipinski definition) is 2. The molecule has 0 atom stereocenters. The molecule has 1 fully saturated rings. The Morgan fingerprint density at radius 3 is 2.40 bits per heavy atom.